The number of guanidine groups is 1. The van der Waals surface area contributed by atoms with Crippen LogP contribution in [0.3, 0.4) is 0 Å². The molecule has 5 heteroatoms. The van der Waals surface area contributed by atoms with Gasteiger partial charge in [0.25, 0.3) is 0 Å². The van der Waals surface area contributed by atoms with Gasteiger partial charge in [0.05, 0.1) is 6.54 Å². The molecule has 5 nitrogen and oxygen atoms in total. The molecule has 0 spiro atoms. The van der Waals surface area contributed by atoms with Crippen molar-refractivity contribution >= 4 is 16.9 Å². The highest BCUT2D eigenvalue weighted by molar-refractivity contribution is 5.82. The average molecular weight is 302 g/mol. The summed E-state index contributed by atoms with van der Waals surface area (Å²) < 4.78 is 5.90. The largest absolute Gasteiger partial charge is 0.459 e. The van der Waals surface area contributed by atoms with Gasteiger partial charge in [-0.2, -0.15) is 0 Å². The van der Waals surface area contributed by atoms with E-state index in [0.717, 1.165) is 36.9 Å². The molecule has 0 fully saturated rings. The maximum Gasteiger partial charge on any atom is 0.191 e. The summed E-state index contributed by atoms with van der Waals surface area (Å²) in [7, 11) is 3.89. The minimum atomic E-state index is 0.629. The zero-order valence-corrected chi connectivity index (χ0v) is 13.9. The number of nitrogens with one attached hydrogen (secondary N) is 2. The maximum absolute atomic E-state index is 5.90. The number of aliphatic imine (C=N–C) groups is 1. The Balaban J connectivity index is 1.91. The van der Waals surface area contributed by atoms with Crippen molar-refractivity contribution in [3.05, 3.63) is 35.6 Å². The lowest BCUT2D eigenvalue weighted by Gasteiger charge is -2.16. The third kappa shape index (κ3) is 4.01. The molecule has 1 aromatic carbocycles. The number of likely N-dealkylation sites (N-methyl/N-ethyl adjacent to an activating group) is 1. The molecule has 0 bridgehead atoms. The molecule has 0 aliphatic heterocycles. The van der Waals surface area contributed by atoms with Crippen LogP contribution < -0.4 is 10.6 Å². The molecule has 2 N–H and O–H groups in total. The predicted octanol–water partition coefficient (Wildman–Crippen LogP) is 2.36. The van der Waals surface area contributed by atoms with Gasteiger partial charge in [-0.25, -0.2) is 0 Å². The molecule has 0 saturated carbocycles. The van der Waals surface area contributed by atoms with E-state index in [4.69, 9.17) is 4.42 Å². The zero-order valence-electron chi connectivity index (χ0n) is 13.9. The molecule has 0 unspecified atom stereocenters. The van der Waals surface area contributed by atoms with E-state index < -0.39 is 0 Å². The molecule has 1 aromatic heterocycles. The summed E-state index contributed by atoms with van der Waals surface area (Å²) in [5.74, 6) is 1.75. The molecule has 2 aromatic rings. The Morgan fingerprint density at radius 1 is 1.27 bits per heavy atom. The highest BCUT2D eigenvalue weighted by Gasteiger charge is 2.10. The number of hydrogen-bond donors (Lipinski definition) is 2. The summed E-state index contributed by atoms with van der Waals surface area (Å²) in [6.45, 7) is 7.77. The number of benzene rings is 1. The van der Waals surface area contributed by atoms with E-state index in [2.05, 4.69) is 47.5 Å². The highest BCUT2D eigenvalue weighted by Crippen LogP contribution is 2.24. The van der Waals surface area contributed by atoms with Crippen LogP contribution in [0, 0.1) is 6.92 Å². The topological polar surface area (TPSA) is 52.8 Å². The number of furan rings is 1. The molecule has 1 heterocycles. The van der Waals surface area contributed by atoms with Gasteiger partial charge in [-0.15, -0.1) is 0 Å². The number of fused-ring (bicyclic) bond motifs is 1. The first-order chi connectivity index (χ1) is 10.7. The number of nitrogens with zero attached hydrogens (tertiary/aromatic N) is 2. The lowest BCUT2D eigenvalue weighted by atomic mass is 10.1. The second-order valence-corrected chi connectivity index (χ2v) is 5.39. The van der Waals surface area contributed by atoms with E-state index >= 15 is 0 Å². The molecular formula is C17H26N4O. The molecule has 22 heavy (non-hydrogen) atoms. The Hall–Kier alpha value is -2.01. The zero-order chi connectivity index (χ0) is 15.9. The maximum atomic E-state index is 5.90. The first-order valence-corrected chi connectivity index (χ1v) is 7.75. The lowest BCUT2D eigenvalue weighted by Crippen LogP contribution is -2.40. The van der Waals surface area contributed by atoms with Crippen LogP contribution in [-0.2, 0) is 6.54 Å². The third-order valence-corrected chi connectivity index (χ3v) is 3.91. The normalized spacial score (nSPS) is 12.1. The number of para-hydroxylation sites is 1. The fourth-order valence-electron chi connectivity index (χ4n) is 2.30. The average Bonchev–Trinajstić information content (AvgIpc) is 2.87. The van der Waals surface area contributed by atoms with Crippen LogP contribution in [0.1, 0.15) is 18.2 Å². The van der Waals surface area contributed by atoms with Gasteiger partial charge in [0.15, 0.2) is 5.96 Å². The van der Waals surface area contributed by atoms with Crippen molar-refractivity contribution in [1.29, 1.82) is 0 Å². The fourth-order valence-corrected chi connectivity index (χ4v) is 2.30. The second-order valence-electron chi connectivity index (χ2n) is 5.39. The molecular weight excluding hydrogens is 276 g/mol. The van der Waals surface area contributed by atoms with Crippen molar-refractivity contribution in [3.63, 3.8) is 0 Å². The smallest absolute Gasteiger partial charge is 0.191 e. The SMILES string of the molecule is CCN(C)CCNC(=NC)NCc1oc2ccccc2c1C. The standard InChI is InChI=1S/C17H26N4O/c1-5-21(4)11-10-19-17(18-3)20-12-16-13(2)14-8-6-7-9-15(14)22-16/h6-9H,5,10-12H2,1-4H3,(H2,18,19,20). The van der Waals surface area contributed by atoms with E-state index in [-0.39, 0.29) is 0 Å². The van der Waals surface area contributed by atoms with Crippen molar-refractivity contribution < 1.29 is 4.42 Å². The minimum Gasteiger partial charge on any atom is -0.459 e. The Morgan fingerprint density at radius 2 is 2.05 bits per heavy atom. The van der Waals surface area contributed by atoms with E-state index in [1.165, 1.54) is 10.9 Å². The summed E-state index contributed by atoms with van der Waals surface area (Å²) in [6, 6.07) is 8.12. The van der Waals surface area contributed by atoms with Gasteiger partial charge in [-0.3, -0.25) is 4.99 Å². The summed E-state index contributed by atoms with van der Waals surface area (Å²) in [5, 5.41) is 7.79. The molecule has 2 rings (SSSR count). The van der Waals surface area contributed by atoms with Gasteiger partial charge in [-0.1, -0.05) is 25.1 Å². The Bertz CT molecular complexity index is 633. The molecule has 0 atom stereocenters. The van der Waals surface area contributed by atoms with Gasteiger partial charge in [-0.05, 0) is 26.6 Å². The third-order valence-electron chi connectivity index (χ3n) is 3.91. The van der Waals surface area contributed by atoms with E-state index in [1.807, 2.05) is 18.2 Å². The van der Waals surface area contributed by atoms with Gasteiger partial charge in [0.2, 0.25) is 0 Å². The number of aryl methyl sites for hydroxylation is 1. The summed E-state index contributed by atoms with van der Waals surface area (Å²) in [6.07, 6.45) is 0. The van der Waals surface area contributed by atoms with E-state index in [1.54, 1.807) is 7.05 Å². The monoisotopic (exact) mass is 302 g/mol. The highest BCUT2D eigenvalue weighted by atomic mass is 16.3. The molecule has 0 amide bonds. The predicted molar refractivity (Wildman–Crippen MR) is 92.3 cm³/mol. The van der Waals surface area contributed by atoms with Crippen molar-refractivity contribution in [3.8, 4) is 0 Å². The van der Waals surface area contributed by atoms with E-state index in [0.29, 0.717) is 6.54 Å². The van der Waals surface area contributed by atoms with Gasteiger partial charge < -0.3 is 20.0 Å². The van der Waals surface area contributed by atoms with Crippen LogP contribution in [0.5, 0.6) is 0 Å². The summed E-state index contributed by atoms with van der Waals surface area (Å²) in [5.41, 5.74) is 2.12. The van der Waals surface area contributed by atoms with Crippen LogP contribution in [-0.4, -0.2) is 44.6 Å². The van der Waals surface area contributed by atoms with E-state index in [9.17, 15) is 0 Å². The minimum absolute atomic E-state index is 0.629. The number of hydrogen-bond acceptors (Lipinski definition) is 3. The van der Waals surface area contributed by atoms with Crippen molar-refractivity contribution in [2.24, 2.45) is 4.99 Å². The van der Waals surface area contributed by atoms with Crippen LogP contribution >= 0.6 is 0 Å². The Morgan fingerprint density at radius 3 is 2.73 bits per heavy atom. The molecule has 0 radical (unpaired) electrons. The van der Waals surface area contributed by atoms with Gasteiger partial charge in [0, 0.05) is 31.1 Å². The fraction of sp³-hybridized carbons (Fsp3) is 0.471. The summed E-state index contributed by atoms with van der Waals surface area (Å²) in [4.78, 5) is 6.50. The number of rotatable bonds is 6. The van der Waals surface area contributed by atoms with Crippen molar-refractivity contribution in [1.82, 2.24) is 15.5 Å². The Kier molecular flexibility index (Phi) is 5.83. The van der Waals surface area contributed by atoms with Crippen LogP contribution in [0.2, 0.25) is 0 Å². The van der Waals surface area contributed by atoms with Crippen LogP contribution in [0.4, 0.5) is 0 Å². The molecule has 0 aliphatic carbocycles. The quantitative estimate of drug-likeness (QED) is 0.635. The van der Waals surface area contributed by atoms with Gasteiger partial charge >= 0.3 is 0 Å². The Labute approximate surface area is 132 Å². The lowest BCUT2D eigenvalue weighted by molar-refractivity contribution is 0.357. The second kappa shape index (κ2) is 7.84. The van der Waals surface area contributed by atoms with Crippen molar-refractivity contribution in [2.45, 2.75) is 20.4 Å². The van der Waals surface area contributed by atoms with Gasteiger partial charge in [0.1, 0.15) is 11.3 Å². The molecule has 0 saturated heterocycles. The summed E-state index contributed by atoms with van der Waals surface area (Å²) >= 11 is 0. The molecule has 0 aliphatic rings. The first-order valence-electron chi connectivity index (χ1n) is 7.75. The van der Waals surface area contributed by atoms with Crippen LogP contribution in [0.15, 0.2) is 33.7 Å². The van der Waals surface area contributed by atoms with Crippen molar-refractivity contribution in [2.75, 3.05) is 33.7 Å². The van der Waals surface area contributed by atoms with Crippen LogP contribution in [0.25, 0.3) is 11.0 Å². The first kappa shape index (κ1) is 16.4. The molecule has 120 valence electrons.